The lowest BCUT2D eigenvalue weighted by Crippen LogP contribution is -2.31. The predicted octanol–water partition coefficient (Wildman–Crippen LogP) is 3.42. The Morgan fingerprint density at radius 1 is 1.26 bits per heavy atom. The van der Waals surface area contributed by atoms with E-state index in [2.05, 4.69) is 0 Å². The van der Waals surface area contributed by atoms with Crippen molar-refractivity contribution in [3.63, 3.8) is 0 Å². The fourth-order valence-corrected chi connectivity index (χ4v) is 1.72. The van der Waals surface area contributed by atoms with Crippen LogP contribution in [0.2, 0.25) is 0 Å². The molecule has 2 atom stereocenters. The second-order valence-corrected chi connectivity index (χ2v) is 4.20. The van der Waals surface area contributed by atoms with Crippen LogP contribution in [0.4, 0.5) is 8.78 Å². The number of rotatable bonds is 5. The van der Waals surface area contributed by atoms with E-state index < -0.39 is 17.7 Å². The molecule has 0 fully saturated rings. The van der Waals surface area contributed by atoms with Crippen LogP contribution in [0.15, 0.2) is 41.0 Å². The fourth-order valence-electron chi connectivity index (χ4n) is 1.72. The fraction of sp³-hybridized carbons (Fsp3) is 0.286. The number of nitrogens with two attached hydrogens (primary N) is 1. The molecule has 2 unspecified atom stereocenters. The van der Waals surface area contributed by atoms with Gasteiger partial charge in [-0.3, -0.25) is 0 Å². The Kier molecular flexibility index (Phi) is 4.16. The van der Waals surface area contributed by atoms with Gasteiger partial charge in [-0.1, -0.05) is 6.92 Å². The molecule has 0 saturated heterocycles. The monoisotopic (exact) mass is 267 g/mol. The number of furan rings is 1. The van der Waals surface area contributed by atoms with E-state index in [1.54, 1.807) is 12.1 Å². The minimum atomic E-state index is -0.958. The first-order valence-corrected chi connectivity index (χ1v) is 6.02. The molecule has 1 aromatic heterocycles. The molecule has 1 heterocycles. The van der Waals surface area contributed by atoms with Gasteiger partial charge in [0.15, 0.2) is 17.7 Å². The van der Waals surface area contributed by atoms with Gasteiger partial charge < -0.3 is 14.9 Å². The maximum absolute atomic E-state index is 13.1. The van der Waals surface area contributed by atoms with Crippen LogP contribution in [0.1, 0.15) is 25.2 Å². The second-order valence-electron chi connectivity index (χ2n) is 4.20. The summed E-state index contributed by atoms with van der Waals surface area (Å²) in [6.45, 7) is 1.91. The quantitative estimate of drug-likeness (QED) is 0.903. The van der Waals surface area contributed by atoms with Crippen molar-refractivity contribution < 1.29 is 17.9 Å². The van der Waals surface area contributed by atoms with Gasteiger partial charge >= 0.3 is 0 Å². The third-order valence-electron chi connectivity index (χ3n) is 2.84. The van der Waals surface area contributed by atoms with Crippen LogP contribution in [-0.2, 0) is 0 Å². The topological polar surface area (TPSA) is 48.4 Å². The van der Waals surface area contributed by atoms with Crippen molar-refractivity contribution in [3.05, 3.63) is 54.0 Å². The zero-order valence-electron chi connectivity index (χ0n) is 10.5. The van der Waals surface area contributed by atoms with Crippen molar-refractivity contribution in [3.8, 4) is 5.75 Å². The van der Waals surface area contributed by atoms with Crippen molar-refractivity contribution in [2.75, 3.05) is 0 Å². The molecule has 0 aliphatic heterocycles. The zero-order valence-corrected chi connectivity index (χ0v) is 10.5. The van der Waals surface area contributed by atoms with E-state index in [4.69, 9.17) is 14.9 Å². The Hall–Kier alpha value is -1.88. The summed E-state index contributed by atoms with van der Waals surface area (Å²) in [4.78, 5) is 0. The van der Waals surface area contributed by atoms with Crippen LogP contribution in [0, 0.1) is 11.6 Å². The summed E-state index contributed by atoms with van der Waals surface area (Å²) >= 11 is 0. The van der Waals surface area contributed by atoms with Crippen molar-refractivity contribution in [2.24, 2.45) is 5.73 Å². The van der Waals surface area contributed by atoms with Crippen molar-refractivity contribution in [1.82, 2.24) is 0 Å². The Bertz CT molecular complexity index is 528. The van der Waals surface area contributed by atoms with Crippen molar-refractivity contribution in [2.45, 2.75) is 25.5 Å². The molecule has 1 aromatic carbocycles. The van der Waals surface area contributed by atoms with Gasteiger partial charge in [0.1, 0.15) is 11.5 Å². The number of hydrogen-bond donors (Lipinski definition) is 1. The third kappa shape index (κ3) is 3.12. The molecule has 0 saturated carbocycles. The smallest absolute Gasteiger partial charge is 0.171 e. The molecular formula is C14H15F2NO2. The Labute approximate surface area is 110 Å². The maximum Gasteiger partial charge on any atom is 0.171 e. The van der Waals surface area contributed by atoms with Crippen LogP contribution in [-0.4, -0.2) is 6.04 Å². The standard InChI is InChI=1S/C14H15F2NO2/c1-2-12(17)14(13-4-3-7-18-13)19-9-5-6-10(15)11(16)8-9/h3-8,12,14H,2,17H2,1H3. The average Bonchev–Trinajstić information content (AvgIpc) is 2.93. The maximum atomic E-state index is 13.1. The van der Waals surface area contributed by atoms with Gasteiger partial charge in [0.25, 0.3) is 0 Å². The molecule has 0 aliphatic carbocycles. The molecule has 0 amide bonds. The van der Waals surface area contributed by atoms with Gasteiger partial charge in [-0.25, -0.2) is 8.78 Å². The van der Waals surface area contributed by atoms with Crippen molar-refractivity contribution in [1.29, 1.82) is 0 Å². The molecule has 2 aromatic rings. The van der Waals surface area contributed by atoms with Gasteiger partial charge in [-0.05, 0) is 30.7 Å². The molecule has 0 aliphatic rings. The summed E-state index contributed by atoms with van der Waals surface area (Å²) in [5.41, 5.74) is 5.97. The molecule has 2 rings (SSSR count). The number of halogens is 2. The Morgan fingerprint density at radius 2 is 2.05 bits per heavy atom. The molecule has 19 heavy (non-hydrogen) atoms. The lowest BCUT2D eigenvalue weighted by atomic mass is 10.1. The van der Waals surface area contributed by atoms with Crippen LogP contribution in [0.25, 0.3) is 0 Å². The van der Waals surface area contributed by atoms with E-state index in [1.165, 1.54) is 12.3 Å². The summed E-state index contributed by atoms with van der Waals surface area (Å²) < 4.78 is 36.9. The van der Waals surface area contributed by atoms with Crippen molar-refractivity contribution >= 4 is 0 Å². The molecule has 3 nitrogen and oxygen atoms in total. The van der Waals surface area contributed by atoms with Crippen LogP contribution in [0.3, 0.4) is 0 Å². The molecule has 102 valence electrons. The van der Waals surface area contributed by atoms with E-state index in [1.807, 2.05) is 6.92 Å². The summed E-state index contributed by atoms with van der Waals surface area (Å²) in [5.74, 6) is -1.11. The van der Waals surface area contributed by atoms with Gasteiger partial charge in [-0.2, -0.15) is 0 Å². The highest BCUT2D eigenvalue weighted by Crippen LogP contribution is 2.26. The summed E-state index contributed by atoms with van der Waals surface area (Å²) in [6.07, 6.45) is 1.64. The lowest BCUT2D eigenvalue weighted by Gasteiger charge is -2.22. The third-order valence-corrected chi connectivity index (χ3v) is 2.84. The van der Waals surface area contributed by atoms with Crippen LogP contribution < -0.4 is 10.5 Å². The largest absolute Gasteiger partial charge is 0.481 e. The van der Waals surface area contributed by atoms with Crippen LogP contribution >= 0.6 is 0 Å². The van der Waals surface area contributed by atoms with E-state index in [0.717, 1.165) is 12.1 Å². The van der Waals surface area contributed by atoms with Crippen LogP contribution in [0.5, 0.6) is 5.75 Å². The number of benzene rings is 1. The van der Waals surface area contributed by atoms with E-state index >= 15 is 0 Å². The molecule has 2 N–H and O–H groups in total. The van der Waals surface area contributed by atoms with Gasteiger partial charge in [0.05, 0.1) is 6.26 Å². The van der Waals surface area contributed by atoms with Gasteiger partial charge in [0.2, 0.25) is 0 Å². The normalized spacial score (nSPS) is 14.1. The highest BCUT2D eigenvalue weighted by atomic mass is 19.2. The first-order valence-electron chi connectivity index (χ1n) is 6.02. The summed E-state index contributed by atoms with van der Waals surface area (Å²) in [5, 5.41) is 0. The van der Waals surface area contributed by atoms with Gasteiger partial charge in [0, 0.05) is 12.1 Å². The SMILES string of the molecule is CCC(N)C(Oc1ccc(F)c(F)c1)c1ccco1. The lowest BCUT2D eigenvalue weighted by molar-refractivity contribution is 0.144. The van der Waals surface area contributed by atoms with E-state index in [-0.39, 0.29) is 11.8 Å². The number of ether oxygens (including phenoxy) is 1. The Morgan fingerprint density at radius 3 is 2.63 bits per heavy atom. The molecule has 0 bridgehead atoms. The molecule has 0 radical (unpaired) electrons. The molecule has 5 heteroatoms. The second kappa shape index (κ2) is 5.84. The minimum Gasteiger partial charge on any atom is -0.481 e. The zero-order chi connectivity index (χ0) is 13.8. The highest BCUT2D eigenvalue weighted by Gasteiger charge is 2.23. The molecule has 0 spiro atoms. The molecular weight excluding hydrogens is 252 g/mol. The predicted molar refractivity (Wildman–Crippen MR) is 66.7 cm³/mol. The summed E-state index contributed by atoms with van der Waals surface area (Å²) in [6, 6.07) is 6.52. The highest BCUT2D eigenvalue weighted by molar-refractivity contribution is 5.25. The summed E-state index contributed by atoms with van der Waals surface area (Å²) in [7, 11) is 0. The first-order chi connectivity index (χ1) is 9.11. The van der Waals surface area contributed by atoms with E-state index in [9.17, 15) is 8.78 Å². The average molecular weight is 267 g/mol. The first kappa shape index (κ1) is 13.5. The minimum absolute atomic E-state index is 0.212. The van der Waals surface area contributed by atoms with E-state index in [0.29, 0.717) is 12.2 Å². The Balaban J connectivity index is 2.23. The number of hydrogen-bond acceptors (Lipinski definition) is 3. The van der Waals surface area contributed by atoms with Gasteiger partial charge in [-0.15, -0.1) is 0 Å².